The summed E-state index contributed by atoms with van der Waals surface area (Å²) < 4.78 is 5.31. The smallest absolute Gasteiger partial charge is 0.139 e. The SMILES string of the molecule is COc1ccc(-c2csc3ncnc(NC(c4ccccc4)c4ccccn4)c23)cc1. The summed E-state index contributed by atoms with van der Waals surface area (Å²) in [5.74, 6) is 1.62. The molecule has 0 aliphatic rings. The summed E-state index contributed by atoms with van der Waals surface area (Å²) in [7, 11) is 1.67. The molecule has 0 amide bonds. The zero-order valence-electron chi connectivity index (χ0n) is 16.9. The number of hydrogen-bond donors (Lipinski definition) is 1. The van der Waals surface area contributed by atoms with Crippen LogP contribution in [0.2, 0.25) is 0 Å². The molecule has 0 aliphatic carbocycles. The summed E-state index contributed by atoms with van der Waals surface area (Å²) in [4.78, 5) is 14.7. The van der Waals surface area contributed by atoms with Gasteiger partial charge in [0.2, 0.25) is 0 Å². The zero-order valence-corrected chi connectivity index (χ0v) is 17.7. The lowest BCUT2D eigenvalue weighted by atomic mass is 10.0. The predicted octanol–water partition coefficient (Wildman–Crippen LogP) is 5.96. The van der Waals surface area contributed by atoms with E-state index in [2.05, 4.69) is 49.9 Å². The van der Waals surface area contributed by atoms with Crippen molar-refractivity contribution in [2.75, 3.05) is 12.4 Å². The van der Waals surface area contributed by atoms with Crippen LogP contribution < -0.4 is 10.1 Å². The van der Waals surface area contributed by atoms with Crippen LogP contribution in [0.5, 0.6) is 5.75 Å². The van der Waals surface area contributed by atoms with Gasteiger partial charge in [-0.15, -0.1) is 11.3 Å². The molecule has 5 nitrogen and oxygen atoms in total. The minimum absolute atomic E-state index is 0.135. The molecular weight excluding hydrogens is 404 g/mol. The molecule has 1 unspecified atom stereocenters. The Morgan fingerprint density at radius 2 is 1.68 bits per heavy atom. The van der Waals surface area contributed by atoms with Crippen molar-refractivity contribution < 1.29 is 4.74 Å². The maximum absolute atomic E-state index is 5.31. The first-order valence-corrected chi connectivity index (χ1v) is 10.8. The van der Waals surface area contributed by atoms with Crippen molar-refractivity contribution in [3.63, 3.8) is 0 Å². The lowest BCUT2D eigenvalue weighted by molar-refractivity contribution is 0.415. The fraction of sp³-hybridized carbons (Fsp3) is 0.0800. The average Bonchev–Trinajstić information content (AvgIpc) is 3.29. The molecule has 0 saturated carbocycles. The summed E-state index contributed by atoms with van der Waals surface area (Å²) in [5, 5.41) is 6.78. The number of nitrogens with zero attached hydrogens (tertiary/aromatic N) is 3. The first kappa shape index (κ1) is 19.2. The van der Waals surface area contributed by atoms with Gasteiger partial charge < -0.3 is 10.1 Å². The molecule has 2 aromatic carbocycles. The van der Waals surface area contributed by atoms with Crippen molar-refractivity contribution in [1.82, 2.24) is 15.0 Å². The van der Waals surface area contributed by atoms with Crippen molar-refractivity contribution in [1.29, 1.82) is 0 Å². The second-order valence-corrected chi connectivity index (χ2v) is 7.88. The van der Waals surface area contributed by atoms with E-state index >= 15 is 0 Å². The largest absolute Gasteiger partial charge is 0.497 e. The average molecular weight is 425 g/mol. The van der Waals surface area contributed by atoms with Gasteiger partial charge in [-0.3, -0.25) is 4.98 Å². The van der Waals surface area contributed by atoms with Gasteiger partial charge in [0.15, 0.2) is 0 Å². The number of aromatic nitrogens is 3. The van der Waals surface area contributed by atoms with Crippen LogP contribution in [-0.2, 0) is 0 Å². The van der Waals surface area contributed by atoms with Gasteiger partial charge in [-0.2, -0.15) is 0 Å². The second kappa shape index (κ2) is 8.53. The van der Waals surface area contributed by atoms with Crippen LogP contribution in [0.4, 0.5) is 5.82 Å². The van der Waals surface area contributed by atoms with Gasteiger partial charge in [0.25, 0.3) is 0 Å². The topological polar surface area (TPSA) is 59.9 Å². The van der Waals surface area contributed by atoms with Gasteiger partial charge in [0.05, 0.1) is 24.2 Å². The van der Waals surface area contributed by atoms with Crippen molar-refractivity contribution in [2.45, 2.75) is 6.04 Å². The van der Waals surface area contributed by atoms with E-state index in [-0.39, 0.29) is 6.04 Å². The molecule has 1 N–H and O–H groups in total. The molecule has 0 fully saturated rings. The van der Waals surface area contributed by atoms with Gasteiger partial charge in [0.1, 0.15) is 22.7 Å². The van der Waals surface area contributed by atoms with Gasteiger partial charge >= 0.3 is 0 Å². The van der Waals surface area contributed by atoms with Crippen LogP contribution in [0, 0.1) is 0 Å². The Hall–Kier alpha value is -3.77. The van der Waals surface area contributed by atoms with Crippen LogP contribution in [-0.4, -0.2) is 22.1 Å². The molecule has 0 aliphatic heterocycles. The van der Waals surface area contributed by atoms with E-state index in [4.69, 9.17) is 4.74 Å². The molecule has 5 aromatic rings. The summed E-state index contributed by atoms with van der Waals surface area (Å²) in [5.41, 5.74) is 4.24. The minimum atomic E-state index is -0.135. The predicted molar refractivity (Wildman–Crippen MR) is 126 cm³/mol. The Labute approximate surface area is 184 Å². The van der Waals surface area contributed by atoms with E-state index in [0.29, 0.717) is 0 Å². The number of nitrogens with one attached hydrogen (secondary N) is 1. The van der Waals surface area contributed by atoms with Gasteiger partial charge in [0, 0.05) is 17.1 Å². The van der Waals surface area contributed by atoms with Crippen molar-refractivity contribution >= 4 is 27.4 Å². The maximum Gasteiger partial charge on any atom is 0.139 e. The number of methoxy groups -OCH3 is 1. The molecule has 3 aromatic heterocycles. The molecule has 0 radical (unpaired) electrons. The Balaban J connectivity index is 1.61. The summed E-state index contributed by atoms with van der Waals surface area (Å²) in [6.45, 7) is 0. The number of ether oxygens (including phenoxy) is 1. The molecule has 31 heavy (non-hydrogen) atoms. The molecular formula is C25H20N4OS. The van der Waals surface area contributed by atoms with Crippen LogP contribution in [0.3, 0.4) is 0 Å². The quantitative estimate of drug-likeness (QED) is 0.364. The second-order valence-electron chi connectivity index (χ2n) is 7.02. The third kappa shape index (κ3) is 3.85. The molecule has 0 saturated heterocycles. The van der Waals surface area contributed by atoms with Crippen LogP contribution in [0.25, 0.3) is 21.3 Å². The highest BCUT2D eigenvalue weighted by Crippen LogP contribution is 2.38. The van der Waals surface area contributed by atoms with E-state index < -0.39 is 0 Å². The zero-order chi connectivity index (χ0) is 21.0. The number of rotatable bonds is 6. The molecule has 0 spiro atoms. The standard InChI is InChI=1S/C25H20N4OS/c1-30-19-12-10-17(11-13-19)20-15-31-25-22(20)24(27-16-28-25)29-23(18-7-3-2-4-8-18)21-9-5-6-14-26-21/h2-16,23H,1H3,(H,27,28,29). The van der Waals surface area contributed by atoms with Gasteiger partial charge in [-0.05, 0) is 35.4 Å². The lowest BCUT2D eigenvalue weighted by Crippen LogP contribution is -2.15. The fourth-order valence-corrected chi connectivity index (χ4v) is 4.54. The maximum atomic E-state index is 5.31. The van der Waals surface area contributed by atoms with E-state index in [9.17, 15) is 0 Å². The number of hydrogen-bond acceptors (Lipinski definition) is 6. The summed E-state index contributed by atoms with van der Waals surface area (Å²) in [6, 6.07) is 24.2. The highest BCUT2D eigenvalue weighted by molar-refractivity contribution is 7.17. The van der Waals surface area contributed by atoms with Crippen LogP contribution >= 0.6 is 11.3 Å². The van der Waals surface area contributed by atoms with Crippen LogP contribution in [0.1, 0.15) is 17.3 Å². The number of anilines is 1. The molecule has 152 valence electrons. The normalized spacial score (nSPS) is 11.9. The molecule has 1 atom stereocenters. The monoisotopic (exact) mass is 424 g/mol. The number of benzene rings is 2. The minimum Gasteiger partial charge on any atom is -0.497 e. The lowest BCUT2D eigenvalue weighted by Gasteiger charge is -2.20. The Morgan fingerprint density at radius 1 is 0.871 bits per heavy atom. The van der Waals surface area contributed by atoms with E-state index in [1.165, 1.54) is 0 Å². The highest BCUT2D eigenvalue weighted by atomic mass is 32.1. The van der Waals surface area contributed by atoms with Crippen molar-refractivity contribution in [2.24, 2.45) is 0 Å². The fourth-order valence-electron chi connectivity index (χ4n) is 3.62. The molecule has 0 bridgehead atoms. The van der Waals surface area contributed by atoms with E-state index in [1.54, 1.807) is 24.8 Å². The molecule has 6 heteroatoms. The summed E-state index contributed by atoms with van der Waals surface area (Å²) in [6.07, 6.45) is 3.43. The van der Waals surface area contributed by atoms with Crippen molar-refractivity contribution in [3.05, 3.63) is 102 Å². The highest BCUT2D eigenvalue weighted by Gasteiger charge is 2.19. The van der Waals surface area contributed by atoms with Gasteiger partial charge in [-0.1, -0.05) is 48.5 Å². The first-order valence-electron chi connectivity index (χ1n) is 9.92. The molecule has 3 heterocycles. The third-order valence-electron chi connectivity index (χ3n) is 5.17. The first-order chi connectivity index (χ1) is 15.3. The number of fused-ring (bicyclic) bond motifs is 1. The van der Waals surface area contributed by atoms with Crippen LogP contribution in [0.15, 0.2) is 90.7 Å². The Morgan fingerprint density at radius 3 is 2.42 bits per heavy atom. The van der Waals surface area contributed by atoms with Gasteiger partial charge in [-0.25, -0.2) is 9.97 Å². The Bertz CT molecular complexity index is 1250. The Kier molecular flexibility index (Phi) is 5.29. The number of pyridine rings is 1. The molecule has 5 rings (SSSR count). The third-order valence-corrected chi connectivity index (χ3v) is 6.06. The summed E-state index contributed by atoms with van der Waals surface area (Å²) >= 11 is 1.61. The van der Waals surface area contributed by atoms with Crippen molar-refractivity contribution in [3.8, 4) is 16.9 Å². The van der Waals surface area contributed by atoms with E-state index in [0.717, 1.165) is 44.2 Å². The number of thiophene rings is 1. The van der Waals surface area contributed by atoms with E-state index in [1.807, 2.05) is 54.7 Å².